The first-order valence-corrected chi connectivity index (χ1v) is 10.3. The van der Waals surface area contributed by atoms with Crippen LogP contribution in [-0.4, -0.2) is 45.0 Å². The second-order valence-electron chi connectivity index (χ2n) is 7.14. The Morgan fingerprint density at radius 3 is 2.23 bits per heavy atom. The third-order valence-electron chi connectivity index (χ3n) is 5.01. The predicted molar refractivity (Wildman–Crippen MR) is 94.1 cm³/mol. The van der Waals surface area contributed by atoms with Gasteiger partial charge in [0.1, 0.15) is 0 Å². The maximum atomic E-state index is 11.8. The van der Waals surface area contributed by atoms with E-state index in [0.717, 1.165) is 19.0 Å². The lowest BCUT2D eigenvalue weighted by atomic mass is 9.83. The number of nitrogens with one attached hydrogen (secondary N) is 2. The maximum absolute atomic E-state index is 11.8. The molecule has 1 fully saturated rings. The van der Waals surface area contributed by atoms with Crippen LogP contribution < -0.4 is 10.6 Å². The summed E-state index contributed by atoms with van der Waals surface area (Å²) in [6.07, 6.45) is 7.60. The summed E-state index contributed by atoms with van der Waals surface area (Å²) in [5.74, 6) is 0.721. The zero-order valence-electron chi connectivity index (χ0n) is 14.8. The summed E-state index contributed by atoms with van der Waals surface area (Å²) >= 11 is 0. The van der Waals surface area contributed by atoms with Gasteiger partial charge in [-0.25, -0.2) is 8.42 Å². The van der Waals surface area contributed by atoms with E-state index in [1.165, 1.54) is 38.4 Å². The molecule has 0 aromatic carbocycles. The molecule has 0 unspecified atom stereocenters. The minimum Gasteiger partial charge on any atom is -0.357 e. The Morgan fingerprint density at radius 2 is 1.77 bits per heavy atom. The summed E-state index contributed by atoms with van der Waals surface area (Å²) in [5, 5.41) is 6.64. The van der Waals surface area contributed by atoms with Crippen LogP contribution in [0.15, 0.2) is 4.99 Å². The van der Waals surface area contributed by atoms with Gasteiger partial charge in [0.25, 0.3) is 0 Å². The molecular formula is C16H33N3O2S. The van der Waals surface area contributed by atoms with Crippen molar-refractivity contribution in [2.24, 2.45) is 10.4 Å². The number of nitrogens with zero attached hydrogens (tertiary/aromatic N) is 1. The van der Waals surface area contributed by atoms with Gasteiger partial charge in [-0.1, -0.05) is 19.8 Å². The molecule has 0 aromatic rings. The van der Waals surface area contributed by atoms with Crippen LogP contribution in [-0.2, 0) is 9.84 Å². The van der Waals surface area contributed by atoms with Crippen molar-refractivity contribution in [2.45, 2.75) is 64.5 Å². The molecular weight excluding hydrogens is 298 g/mol. The van der Waals surface area contributed by atoms with Crippen LogP contribution in [0.5, 0.6) is 0 Å². The van der Waals surface area contributed by atoms with Crippen LogP contribution in [0.1, 0.15) is 59.8 Å². The highest BCUT2D eigenvalue weighted by molar-refractivity contribution is 7.92. The molecule has 1 aliphatic rings. The van der Waals surface area contributed by atoms with Crippen LogP contribution in [0.2, 0.25) is 0 Å². The molecule has 6 heteroatoms. The third kappa shape index (κ3) is 5.14. The normalized spacial score (nSPS) is 19.2. The van der Waals surface area contributed by atoms with Crippen molar-refractivity contribution in [1.29, 1.82) is 0 Å². The Bertz CT molecular complexity index is 478. The fraction of sp³-hybridized carbons (Fsp3) is 0.938. The molecule has 0 bridgehead atoms. The van der Waals surface area contributed by atoms with E-state index in [4.69, 9.17) is 0 Å². The Labute approximate surface area is 136 Å². The third-order valence-corrected chi connectivity index (χ3v) is 7.15. The minimum absolute atomic E-state index is 0.264. The highest BCUT2D eigenvalue weighted by atomic mass is 32.2. The van der Waals surface area contributed by atoms with Gasteiger partial charge >= 0.3 is 0 Å². The van der Waals surface area contributed by atoms with Crippen molar-refractivity contribution in [3.05, 3.63) is 0 Å². The first kappa shape index (κ1) is 19.3. The number of rotatable bonds is 7. The van der Waals surface area contributed by atoms with E-state index in [9.17, 15) is 8.42 Å². The fourth-order valence-electron chi connectivity index (χ4n) is 2.78. The van der Waals surface area contributed by atoms with Crippen LogP contribution in [0.3, 0.4) is 0 Å². The second-order valence-corrected chi connectivity index (χ2v) is 9.79. The topological polar surface area (TPSA) is 70.6 Å². The number of guanidine groups is 1. The lowest BCUT2D eigenvalue weighted by Gasteiger charge is -2.29. The maximum Gasteiger partial charge on any atom is 0.191 e. The van der Waals surface area contributed by atoms with E-state index >= 15 is 0 Å². The van der Waals surface area contributed by atoms with Crippen molar-refractivity contribution < 1.29 is 8.42 Å². The van der Waals surface area contributed by atoms with Crippen LogP contribution in [0, 0.1) is 5.41 Å². The average molecular weight is 332 g/mol. The summed E-state index contributed by atoms with van der Waals surface area (Å²) in [4.78, 5) is 4.49. The van der Waals surface area contributed by atoms with Crippen molar-refractivity contribution in [2.75, 3.05) is 25.9 Å². The number of sulfone groups is 1. The Morgan fingerprint density at radius 1 is 1.18 bits per heavy atom. The molecule has 1 rings (SSSR count). The van der Waals surface area contributed by atoms with Crippen LogP contribution in [0.25, 0.3) is 0 Å². The molecule has 0 aliphatic heterocycles. The molecule has 2 N–H and O–H groups in total. The van der Waals surface area contributed by atoms with Crippen molar-refractivity contribution in [3.63, 3.8) is 0 Å². The number of hydrogen-bond donors (Lipinski definition) is 2. The Kier molecular flexibility index (Phi) is 6.71. The number of hydrogen-bond acceptors (Lipinski definition) is 3. The number of aliphatic imine (C=N–C) groups is 1. The van der Waals surface area contributed by atoms with Gasteiger partial charge in [0, 0.05) is 19.3 Å². The van der Waals surface area contributed by atoms with Gasteiger partial charge < -0.3 is 10.6 Å². The molecule has 0 amide bonds. The smallest absolute Gasteiger partial charge is 0.191 e. The molecule has 0 spiro atoms. The van der Waals surface area contributed by atoms with Crippen molar-refractivity contribution >= 4 is 15.8 Å². The summed E-state index contributed by atoms with van der Waals surface area (Å²) in [6, 6.07) is 0. The van der Waals surface area contributed by atoms with E-state index in [2.05, 4.69) is 22.5 Å². The van der Waals surface area contributed by atoms with E-state index in [-0.39, 0.29) is 6.54 Å². The quantitative estimate of drug-likeness (QED) is 0.555. The van der Waals surface area contributed by atoms with Crippen molar-refractivity contribution in [3.8, 4) is 0 Å². The van der Waals surface area contributed by atoms with Crippen LogP contribution >= 0.6 is 0 Å². The zero-order valence-corrected chi connectivity index (χ0v) is 15.6. The first-order valence-electron chi connectivity index (χ1n) is 8.37. The largest absolute Gasteiger partial charge is 0.357 e. The zero-order chi connectivity index (χ0) is 16.9. The molecule has 0 saturated heterocycles. The van der Waals surface area contributed by atoms with Crippen LogP contribution in [0.4, 0.5) is 0 Å². The predicted octanol–water partition coefficient (Wildman–Crippen LogP) is 2.34. The summed E-state index contributed by atoms with van der Waals surface area (Å²) in [7, 11) is -3.12. The summed E-state index contributed by atoms with van der Waals surface area (Å²) in [5.41, 5.74) is 0.378. The van der Waals surface area contributed by atoms with Gasteiger partial charge in [-0.15, -0.1) is 0 Å². The first-order chi connectivity index (χ1) is 10.2. The second kappa shape index (κ2) is 7.66. The van der Waals surface area contributed by atoms with Crippen molar-refractivity contribution in [1.82, 2.24) is 10.6 Å². The van der Waals surface area contributed by atoms with Gasteiger partial charge in [-0.2, -0.15) is 0 Å². The standard InChI is InChI=1S/C16H33N3O2S/c1-6-16(10-8-9-11-16)13-19-14(17-7-2)18-12-15(3,4)22(5,20)21/h6-13H2,1-5H3,(H2,17,18,19). The van der Waals surface area contributed by atoms with E-state index < -0.39 is 14.6 Å². The molecule has 1 saturated carbocycles. The summed E-state index contributed by atoms with van der Waals surface area (Å²) in [6.45, 7) is 9.66. The fourth-order valence-corrected chi connectivity index (χ4v) is 3.08. The van der Waals surface area contributed by atoms with E-state index in [1.54, 1.807) is 13.8 Å². The lowest BCUT2D eigenvalue weighted by molar-refractivity contribution is 0.283. The van der Waals surface area contributed by atoms with Gasteiger partial charge in [-0.3, -0.25) is 4.99 Å². The average Bonchev–Trinajstić information content (AvgIpc) is 2.90. The minimum atomic E-state index is -3.12. The van der Waals surface area contributed by atoms with Gasteiger partial charge in [0.2, 0.25) is 0 Å². The molecule has 130 valence electrons. The Hall–Kier alpha value is -0.780. The van der Waals surface area contributed by atoms with Gasteiger partial charge in [-0.05, 0) is 45.4 Å². The molecule has 0 heterocycles. The monoisotopic (exact) mass is 331 g/mol. The van der Waals surface area contributed by atoms with E-state index in [0.29, 0.717) is 5.41 Å². The molecule has 22 heavy (non-hydrogen) atoms. The van der Waals surface area contributed by atoms with Gasteiger partial charge in [0.05, 0.1) is 11.3 Å². The SMILES string of the molecule is CCNC(=NCC(C)(C)S(C)(=O)=O)NCC1(CC)CCCC1. The lowest BCUT2D eigenvalue weighted by Crippen LogP contribution is -2.44. The summed E-state index contributed by atoms with van der Waals surface area (Å²) < 4.78 is 22.7. The highest BCUT2D eigenvalue weighted by Crippen LogP contribution is 2.40. The molecule has 0 atom stereocenters. The molecule has 5 nitrogen and oxygen atoms in total. The van der Waals surface area contributed by atoms with E-state index in [1.807, 2.05) is 6.92 Å². The molecule has 1 aliphatic carbocycles. The highest BCUT2D eigenvalue weighted by Gasteiger charge is 2.32. The molecule has 0 aromatic heterocycles. The van der Waals surface area contributed by atoms with Gasteiger partial charge in [0.15, 0.2) is 15.8 Å². The molecule has 0 radical (unpaired) electrons. The Balaban J connectivity index is 2.70.